The number of amides is 1. The molecule has 1 amide bonds. The van der Waals surface area contributed by atoms with Gasteiger partial charge in [-0.3, -0.25) is 14.9 Å². The molecule has 3 rings (SSSR count). The SMILES string of the molecule is COc1ccc(Cl)cc1NC(=O)CSc1nnc(-c2cccc([N+](=O)[O-])c2)n1C. The highest BCUT2D eigenvalue weighted by atomic mass is 35.5. The topological polar surface area (TPSA) is 112 Å². The lowest BCUT2D eigenvalue weighted by molar-refractivity contribution is -0.384. The lowest BCUT2D eigenvalue weighted by Gasteiger charge is -2.10. The Morgan fingerprint density at radius 3 is 2.83 bits per heavy atom. The van der Waals surface area contributed by atoms with E-state index in [4.69, 9.17) is 16.3 Å². The molecule has 150 valence electrons. The maximum atomic E-state index is 12.3. The summed E-state index contributed by atoms with van der Waals surface area (Å²) in [5.41, 5.74) is 1.00. The first kappa shape index (κ1) is 20.6. The summed E-state index contributed by atoms with van der Waals surface area (Å²) in [6.07, 6.45) is 0. The zero-order valence-electron chi connectivity index (χ0n) is 15.5. The zero-order valence-corrected chi connectivity index (χ0v) is 17.0. The van der Waals surface area contributed by atoms with Crippen molar-refractivity contribution in [2.45, 2.75) is 5.16 Å². The molecule has 0 aliphatic rings. The van der Waals surface area contributed by atoms with Crippen LogP contribution in [0.25, 0.3) is 11.4 Å². The van der Waals surface area contributed by atoms with E-state index in [2.05, 4.69) is 15.5 Å². The lowest BCUT2D eigenvalue weighted by Crippen LogP contribution is -2.15. The third-order valence-corrected chi connectivity index (χ3v) is 5.17. The van der Waals surface area contributed by atoms with Crippen LogP contribution in [0.15, 0.2) is 47.6 Å². The van der Waals surface area contributed by atoms with Crippen molar-refractivity contribution < 1.29 is 14.5 Å². The number of benzene rings is 2. The molecule has 0 radical (unpaired) electrons. The van der Waals surface area contributed by atoms with Crippen molar-refractivity contribution in [1.82, 2.24) is 14.8 Å². The van der Waals surface area contributed by atoms with Crippen LogP contribution in [0.3, 0.4) is 0 Å². The maximum Gasteiger partial charge on any atom is 0.270 e. The predicted molar refractivity (Wildman–Crippen MR) is 110 cm³/mol. The van der Waals surface area contributed by atoms with Crippen LogP contribution in [0.1, 0.15) is 0 Å². The summed E-state index contributed by atoms with van der Waals surface area (Å²) >= 11 is 7.15. The minimum Gasteiger partial charge on any atom is -0.495 e. The molecule has 1 heterocycles. The molecular weight excluding hydrogens is 418 g/mol. The number of nitrogens with zero attached hydrogens (tertiary/aromatic N) is 4. The van der Waals surface area contributed by atoms with Gasteiger partial charge in [0.15, 0.2) is 11.0 Å². The fourth-order valence-electron chi connectivity index (χ4n) is 2.54. The van der Waals surface area contributed by atoms with Gasteiger partial charge in [-0.15, -0.1) is 10.2 Å². The highest BCUT2D eigenvalue weighted by Gasteiger charge is 2.16. The zero-order chi connectivity index (χ0) is 21.0. The third kappa shape index (κ3) is 4.84. The van der Waals surface area contributed by atoms with Gasteiger partial charge in [0, 0.05) is 29.8 Å². The summed E-state index contributed by atoms with van der Waals surface area (Å²) in [6, 6.07) is 11.1. The minimum absolute atomic E-state index is 0.0328. The third-order valence-electron chi connectivity index (χ3n) is 3.92. The van der Waals surface area contributed by atoms with E-state index in [0.717, 1.165) is 0 Å². The number of hydrogen-bond acceptors (Lipinski definition) is 7. The fraction of sp³-hybridized carbons (Fsp3) is 0.167. The van der Waals surface area contributed by atoms with Crippen molar-refractivity contribution in [1.29, 1.82) is 0 Å². The summed E-state index contributed by atoms with van der Waals surface area (Å²) in [6.45, 7) is 0. The number of carbonyl (C=O) groups excluding carboxylic acids is 1. The van der Waals surface area contributed by atoms with E-state index in [1.165, 1.54) is 31.0 Å². The molecule has 9 nitrogen and oxygen atoms in total. The van der Waals surface area contributed by atoms with Crippen LogP contribution in [0.2, 0.25) is 5.02 Å². The van der Waals surface area contributed by atoms with E-state index in [9.17, 15) is 14.9 Å². The summed E-state index contributed by atoms with van der Waals surface area (Å²) in [5.74, 6) is 0.777. The van der Waals surface area contributed by atoms with Gasteiger partial charge in [-0.25, -0.2) is 0 Å². The predicted octanol–water partition coefficient (Wildman–Crippen LogP) is 3.78. The number of rotatable bonds is 7. The Morgan fingerprint density at radius 1 is 1.31 bits per heavy atom. The largest absolute Gasteiger partial charge is 0.495 e. The van der Waals surface area contributed by atoms with E-state index in [0.29, 0.717) is 33.0 Å². The molecule has 11 heteroatoms. The molecule has 3 aromatic rings. The number of thioether (sulfide) groups is 1. The lowest BCUT2D eigenvalue weighted by atomic mass is 10.2. The number of nitro benzene ring substituents is 1. The first-order valence-corrected chi connectivity index (χ1v) is 9.66. The number of nitrogens with one attached hydrogen (secondary N) is 1. The molecule has 29 heavy (non-hydrogen) atoms. The van der Waals surface area contributed by atoms with Crippen LogP contribution >= 0.6 is 23.4 Å². The Labute approximate surface area is 175 Å². The normalized spacial score (nSPS) is 10.6. The second-order valence-corrected chi connectivity index (χ2v) is 7.23. The van der Waals surface area contributed by atoms with Gasteiger partial charge in [0.1, 0.15) is 5.75 Å². The van der Waals surface area contributed by atoms with Crippen LogP contribution in [-0.2, 0) is 11.8 Å². The average molecular weight is 434 g/mol. The molecule has 2 aromatic carbocycles. The van der Waals surface area contributed by atoms with Crippen LogP contribution < -0.4 is 10.1 Å². The first-order valence-electron chi connectivity index (χ1n) is 8.29. The number of non-ortho nitro benzene ring substituents is 1. The van der Waals surface area contributed by atoms with Crippen LogP contribution in [0.4, 0.5) is 11.4 Å². The summed E-state index contributed by atoms with van der Waals surface area (Å²) in [4.78, 5) is 22.8. The smallest absolute Gasteiger partial charge is 0.270 e. The van der Waals surface area contributed by atoms with Gasteiger partial charge >= 0.3 is 0 Å². The molecule has 0 atom stereocenters. The molecule has 0 bridgehead atoms. The number of methoxy groups -OCH3 is 1. The molecule has 0 saturated carbocycles. The second-order valence-electron chi connectivity index (χ2n) is 5.85. The van der Waals surface area contributed by atoms with Crippen molar-refractivity contribution in [3.63, 3.8) is 0 Å². The quantitative estimate of drug-likeness (QED) is 0.342. The highest BCUT2D eigenvalue weighted by Crippen LogP contribution is 2.29. The van der Waals surface area contributed by atoms with Gasteiger partial charge < -0.3 is 14.6 Å². The molecular formula is C18H16ClN5O4S. The van der Waals surface area contributed by atoms with Crippen LogP contribution in [0, 0.1) is 10.1 Å². The van der Waals surface area contributed by atoms with Crippen molar-refractivity contribution in [3.8, 4) is 17.1 Å². The van der Waals surface area contributed by atoms with Crippen LogP contribution in [0.5, 0.6) is 5.75 Å². The molecule has 0 aliphatic heterocycles. The summed E-state index contributed by atoms with van der Waals surface area (Å²) in [5, 5.41) is 22.9. The molecule has 1 N–H and O–H groups in total. The van der Waals surface area contributed by atoms with E-state index >= 15 is 0 Å². The van der Waals surface area contributed by atoms with Gasteiger partial charge in [0.05, 0.1) is 23.5 Å². The number of halogens is 1. The molecule has 0 unspecified atom stereocenters. The van der Waals surface area contributed by atoms with Gasteiger partial charge in [0.25, 0.3) is 5.69 Å². The Balaban J connectivity index is 1.69. The minimum atomic E-state index is -0.468. The van der Waals surface area contributed by atoms with Crippen molar-refractivity contribution in [2.75, 3.05) is 18.2 Å². The van der Waals surface area contributed by atoms with E-state index in [1.54, 1.807) is 41.9 Å². The Kier molecular flexibility index (Phi) is 6.35. The molecule has 1 aromatic heterocycles. The van der Waals surface area contributed by atoms with E-state index in [1.807, 2.05) is 0 Å². The Hall–Kier alpha value is -3.11. The first-order chi connectivity index (χ1) is 13.9. The van der Waals surface area contributed by atoms with E-state index in [-0.39, 0.29) is 17.3 Å². The fourth-order valence-corrected chi connectivity index (χ4v) is 3.43. The second kappa shape index (κ2) is 8.93. The van der Waals surface area contributed by atoms with E-state index < -0.39 is 4.92 Å². The molecule has 0 spiro atoms. The van der Waals surface area contributed by atoms with Gasteiger partial charge in [-0.1, -0.05) is 35.5 Å². The number of carbonyl (C=O) groups is 1. The van der Waals surface area contributed by atoms with Crippen molar-refractivity contribution in [3.05, 3.63) is 57.6 Å². The van der Waals surface area contributed by atoms with Gasteiger partial charge in [-0.05, 0) is 18.2 Å². The van der Waals surface area contributed by atoms with Crippen molar-refractivity contribution in [2.24, 2.45) is 7.05 Å². The number of ether oxygens (including phenoxy) is 1. The molecule has 0 fully saturated rings. The number of hydrogen-bond donors (Lipinski definition) is 1. The van der Waals surface area contributed by atoms with Gasteiger partial charge in [-0.2, -0.15) is 0 Å². The highest BCUT2D eigenvalue weighted by molar-refractivity contribution is 7.99. The van der Waals surface area contributed by atoms with Crippen LogP contribution in [-0.4, -0.2) is 38.5 Å². The Morgan fingerprint density at radius 2 is 2.10 bits per heavy atom. The Bertz CT molecular complexity index is 1070. The number of anilines is 1. The summed E-state index contributed by atoms with van der Waals surface area (Å²) in [7, 11) is 3.23. The molecule has 0 aliphatic carbocycles. The summed E-state index contributed by atoms with van der Waals surface area (Å²) < 4.78 is 6.88. The average Bonchev–Trinajstić information content (AvgIpc) is 3.07. The number of nitro groups is 1. The standard InChI is InChI=1S/C18H16ClN5O4S/c1-23-17(11-4-3-5-13(8-11)24(26)27)21-22-18(23)29-10-16(25)20-14-9-12(19)6-7-15(14)28-2/h3-9H,10H2,1-2H3,(H,20,25). The number of aromatic nitrogens is 3. The monoisotopic (exact) mass is 433 g/mol. The molecule has 0 saturated heterocycles. The van der Waals surface area contributed by atoms with Gasteiger partial charge in [0.2, 0.25) is 5.91 Å². The van der Waals surface area contributed by atoms with Crippen molar-refractivity contribution >= 4 is 40.6 Å². The maximum absolute atomic E-state index is 12.3.